The van der Waals surface area contributed by atoms with Gasteiger partial charge in [0.15, 0.2) is 11.5 Å². The second kappa shape index (κ2) is 2.67. The fraction of sp³-hybridized carbons (Fsp3) is 0.500. The van der Waals surface area contributed by atoms with Crippen LogP contribution in [0.25, 0.3) is 0 Å². The molecule has 3 heteroatoms. The quantitative estimate of drug-likeness (QED) is 0.639. The Morgan fingerprint density at radius 1 is 1.33 bits per heavy atom. The van der Waals surface area contributed by atoms with E-state index in [1.54, 1.807) is 12.1 Å². The number of rotatable bonds is 0. The maximum Gasteiger partial charge on any atom is 0.157 e. The van der Waals surface area contributed by atoms with Crippen LogP contribution in [-0.2, 0) is 16.8 Å². The van der Waals surface area contributed by atoms with Crippen LogP contribution in [0.4, 0.5) is 0 Å². The third-order valence-corrected chi connectivity index (χ3v) is 3.59. The smallest absolute Gasteiger partial charge is 0.157 e. The molecule has 2 unspecified atom stereocenters. The van der Waals surface area contributed by atoms with Gasteiger partial charge in [-0.15, -0.1) is 0 Å². The lowest BCUT2D eigenvalue weighted by Crippen LogP contribution is -2.29. The molecule has 2 aliphatic heterocycles. The van der Waals surface area contributed by atoms with Crippen LogP contribution in [0.3, 0.4) is 0 Å². The Labute approximate surface area is 88.3 Å². The molecule has 1 fully saturated rings. The van der Waals surface area contributed by atoms with Crippen LogP contribution in [0.5, 0.6) is 11.5 Å². The molecule has 2 atom stereocenters. The molecule has 2 aliphatic rings. The zero-order valence-corrected chi connectivity index (χ0v) is 8.66. The first kappa shape index (κ1) is 9.04. The number of phenols is 2. The summed E-state index contributed by atoms with van der Waals surface area (Å²) in [5, 5.41) is 19.0. The Morgan fingerprint density at radius 2 is 2.07 bits per heavy atom. The highest BCUT2D eigenvalue weighted by atomic mass is 16.5. The molecular formula is C12H14O3. The fourth-order valence-corrected chi connectivity index (χ4v) is 2.79. The standard InChI is InChI=1S/C12H14O3/c1-12-3-2-8(15-12)4-7-5-10(13)11(14)6-9(7)12/h5-6,8,13-14H,2-4H2,1H3. The molecule has 3 rings (SSSR count). The van der Waals surface area contributed by atoms with Crippen molar-refractivity contribution in [3.63, 3.8) is 0 Å². The van der Waals surface area contributed by atoms with Crippen LogP contribution >= 0.6 is 0 Å². The van der Waals surface area contributed by atoms with E-state index < -0.39 is 0 Å². The molecule has 1 saturated heterocycles. The average molecular weight is 206 g/mol. The minimum absolute atomic E-state index is 0.0290. The highest BCUT2D eigenvalue weighted by Crippen LogP contribution is 2.48. The first-order valence-corrected chi connectivity index (χ1v) is 5.32. The van der Waals surface area contributed by atoms with Gasteiger partial charge in [-0.3, -0.25) is 0 Å². The summed E-state index contributed by atoms with van der Waals surface area (Å²) in [6, 6.07) is 3.32. The van der Waals surface area contributed by atoms with Crippen LogP contribution in [0.2, 0.25) is 0 Å². The van der Waals surface area contributed by atoms with Gasteiger partial charge in [-0.2, -0.15) is 0 Å². The van der Waals surface area contributed by atoms with Gasteiger partial charge in [0, 0.05) is 0 Å². The second-order valence-corrected chi connectivity index (χ2v) is 4.71. The predicted octanol–water partition coefficient (Wildman–Crippen LogP) is 2.05. The third-order valence-electron chi connectivity index (χ3n) is 3.59. The molecule has 0 amide bonds. The molecule has 0 saturated carbocycles. The van der Waals surface area contributed by atoms with Crippen LogP contribution in [0.1, 0.15) is 30.9 Å². The van der Waals surface area contributed by atoms with Crippen molar-refractivity contribution < 1.29 is 14.9 Å². The molecular weight excluding hydrogens is 192 g/mol. The molecule has 3 nitrogen and oxygen atoms in total. The third kappa shape index (κ3) is 1.16. The molecule has 0 aliphatic carbocycles. The predicted molar refractivity (Wildman–Crippen MR) is 54.9 cm³/mol. The molecule has 1 aromatic rings. The zero-order chi connectivity index (χ0) is 10.6. The van der Waals surface area contributed by atoms with E-state index in [4.69, 9.17) is 4.74 Å². The maximum atomic E-state index is 9.51. The van der Waals surface area contributed by atoms with Crippen LogP contribution in [0, 0.1) is 0 Å². The van der Waals surface area contributed by atoms with E-state index >= 15 is 0 Å². The van der Waals surface area contributed by atoms with E-state index in [-0.39, 0.29) is 23.2 Å². The molecule has 80 valence electrons. The molecule has 0 radical (unpaired) electrons. The number of phenolic OH excluding ortho intramolecular Hbond substituents is 2. The normalized spacial score (nSPS) is 32.7. The van der Waals surface area contributed by atoms with Gasteiger partial charge < -0.3 is 14.9 Å². The largest absolute Gasteiger partial charge is 0.504 e. The molecule has 2 N–H and O–H groups in total. The molecule has 2 bridgehead atoms. The second-order valence-electron chi connectivity index (χ2n) is 4.71. The Kier molecular flexibility index (Phi) is 1.61. The van der Waals surface area contributed by atoms with Gasteiger partial charge >= 0.3 is 0 Å². The van der Waals surface area contributed by atoms with Gasteiger partial charge in [0.2, 0.25) is 0 Å². The number of hydrogen-bond donors (Lipinski definition) is 2. The summed E-state index contributed by atoms with van der Waals surface area (Å²) in [6.07, 6.45) is 3.19. The lowest BCUT2D eigenvalue weighted by Gasteiger charge is -2.32. The minimum atomic E-state index is -0.260. The summed E-state index contributed by atoms with van der Waals surface area (Å²) >= 11 is 0. The summed E-state index contributed by atoms with van der Waals surface area (Å²) in [5.41, 5.74) is 1.89. The fourth-order valence-electron chi connectivity index (χ4n) is 2.79. The first-order chi connectivity index (χ1) is 7.08. The van der Waals surface area contributed by atoms with Crippen molar-refractivity contribution in [3.05, 3.63) is 23.3 Å². The average Bonchev–Trinajstić information content (AvgIpc) is 2.49. The number of fused-ring (bicyclic) bond motifs is 4. The van der Waals surface area contributed by atoms with Gasteiger partial charge in [0.05, 0.1) is 11.7 Å². The highest BCUT2D eigenvalue weighted by molar-refractivity contribution is 5.49. The van der Waals surface area contributed by atoms with Gasteiger partial charge in [-0.25, -0.2) is 0 Å². The minimum Gasteiger partial charge on any atom is -0.504 e. The summed E-state index contributed by atoms with van der Waals surface area (Å²) in [6.45, 7) is 2.06. The monoisotopic (exact) mass is 206 g/mol. The Hall–Kier alpha value is -1.22. The lowest BCUT2D eigenvalue weighted by atomic mass is 9.88. The van der Waals surface area contributed by atoms with Crippen molar-refractivity contribution in [3.8, 4) is 11.5 Å². The number of hydrogen-bond acceptors (Lipinski definition) is 3. The van der Waals surface area contributed by atoms with Crippen LogP contribution in [-0.4, -0.2) is 16.3 Å². The first-order valence-electron chi connectivity index (χ1n) is 5.32. The van der Waals surface area contributed by atoms with Crippen molar-refractivity contribution in [2.45, 2.75) is 37.9 Å². The van der Waals surface area contributed by atoms with Crippen molar-refractivity contribution in [2.24, 2.45) is 0 Å². The maximum absolute atomic E-state index is 9.51. The Bertz CT molecular complexity index is 427. The van der Waals surface area contributed by atoms with Gasteiger partial charge in [0.25, 0.3) is 0 Å². The van der Waals surface area contributed by atoms with Crippen molar-refractivity contribution in [1.29, 1.82) is 0 Å². The van der Waals surface area contributed by atoms with E-state index in [2.05, 4.69) is 6.92 Å². The molecule has 15 heavy (non-hydrogen) atoms. The van der Waals surface area contributed by atoms with Crippen molar-refractivity contribution in [2.75, 3.05) is 0 Å². The van der Waals surface area contributed by atoms with E-state index in [9.17, 15) is 10.2 Å². The van der Waals surface area contributed by atoms with Crippen LogP contribution < -0.4 is 0 Å². The topological polar surface area (TPSA) is 49.7 Å². The van der Waals surface area contributed by atoms with E-state index in [1.165, 1.54) is 0 Å². The summed E-state index contributed by atoms with van der Waals surface area (Å²) in [7, 11) is 0. The number of benzene rings is 1. The summed E-state index contributed by atoms with van der Waals surface area (Å²) < 4.78 is 5.91. The number of ether oxygens (including phenoxy) is 1. The highest BCUT2D eigenvalue weighted by Gasteiger charge is 2.43. The molecule has 0 aromatic heterocycles. The Morgan fingerprint density at radius 3 is 2.87 bits per heavy atom. The SMILES string of the molecule is CC12CCC(Cc3cc(O)c(O)cc31)O2. The molecule has 1 aromatic carbocycles. The van der Waals surface area contributed by atoms with Gasteiger partial charge in [0.1, 0.15) is 0 Å². The lowest BCUT2D eigenvalue weighted by molar-refractivity contribution is -0.0439. The number of aromatic hydroxyl groups is 2. The summed E-state index contributed by atoms with van der Waals surface area (Å²) in [4.78, 5) is 0. The molecule has 2 heterocycles. The molecule has 0 spiro atoms. The van der Waals surface area contributed by atoms with Gasteiger partial charge in [-0.1, -0.05) is 0 Å². The van der Waals surface area contributed by atoms with E-state index in [0.717, 1.165) is 30.4 Å². The zero-order valence-electron chi connectivity index (χ0n) is 8.66. The van der Waals surface area contributed by atoms with E-state index in [1.807, 2.05) is 0 Å². The van der Waals surface area contributed by atoms with Gasteiger partial charge in [-0.05, 0) is 49.4 Å². The van der Waals surface area contributed by atoms with Crippen molar-refractivity contribution >= 4 is 0 Å². The summed E-state index contributed by atoms with van der Waals surface area (Å²) in [5.74, 6) is -0.0809. The van der Waals surface area contributed by atoms with Crippen LogP contribution in [0.15, 0.2) is 12.1 Å². The Balaban J connectivity index is 2.20. The van der Waals surface area contributed by atoms with Crippen molar-refractivity contribution in [1.82, 2.24) is 0 Å². The van der Waals surface area contributed by atoms with E-state index in [0.29, 0.717) is 0 Å².